The summed E-state index contributed by atoms with van der Waals surface area (Å²) in [5.74, 6) is 0.667. The number of fused-ring (bicyclic) bond motifs is 1. The van der Waals surface area contributed by atoms with Crippen molar-refractivity contribution in [1.29, 1.82) is 0 Å². The predicted octanol–water partition coefficient (Wildman–Crippen LogP) is 4.40. The number of likely N-dealkylation sites (tertiary alicyclic amines) is 1. The predicted molar refractivity (Wildman–Crippen MR) is 137 cm³/mol. The fraction of sp³-hybridized carbons (Fsp3) is 0.519. The Morgan fingerprint density at radius 1 is 1.00 bits per heavy atom. The third-order valence-corrected chi connectivity index (χ3v) is 8.46. The Morgan fingerprint density at radius 3 is 2.50 bits per heavy atom. The van der Waals surface area contributed by atoms with Gasteiger partial charge in [0.05, 0.1) is 12.1 Å². The molecule has 0 unspecified atom stereocenters. The van der Waals surface area contributed by atoms with Crippen LogP contribution in [0.4, 0.5) is 0 Å². The highest BCUT2D eigenvalue weighted by atomic mass is 32.1. The highest BCUT2D eigenvalue weighted by Gasteiger charge is 2.30. The maximum Gasteiger partial charge on any atom is 0.331 e. The zero-order valence-corrected chi connectivity index (χ0v) is 20.7. The van der Waals surface area contributed by atoms with E-state index in [0.29, 0.717) is 29.2 Å². The molecule has 3 heterocycles. The average molecular weight is 480 g/mol. The number of aryl methyl sites for hydroxylation is 1. The Hall–Kier alpha value is -2.67. The van der Waals surface area contributed by atoms with Gasteiger partial charge in [-0.15, -0.1) is 11.3 Å². The molecular formula is C27H33N3O3S. The lowest BCUT2D eigenvalue weighted by Crippen LogP contribution is -2.43. The van der Waals surface area contributed by atoms with Crippen LogP contribution in [-0.2, 0) is 17.9 Å². The van der Waals surface area contributed by atoms with E-state index in [-0.39, 0.29) is 23.1 Å². The van der Waals surface area contributed by atoms with Gasteiger partial charge in [0, 0.05) is 25.6 Å². The van der Waals surface area contributed by atoms with Crippen molar-refractivity contribution in [2.24, 2.45) is 11.8 Å². The number of nitrogens with zero attached hydrogens (tertiary/aromatic N) is 3. The Kier molecular flexibility index (Phi) is 6.73. The van der Waals surface area contributed by atoms with Gasteiger partial charge in [0.1, 0.15) is 4.70 Å². The van der Waals surface area contributed by atoms with E-state index >= 15 is 0 Å². The Balaban J connectivity index is 1.35. The first kappa shape index (κ1) is 23.1. The Bertz CT molecular complexity index is 1290. The maximum atomic E-state index is 13.5. The first-order valence-electron chi connectivity index (χ1n) is 12.6. The van der Waals surface area contributed by atoms with Crippen molar-refractivity contribution in [3.8, 4) is 0 Å². The number of thiophene rings is 1. The zero-order valence-electron chi connectivity index (χ0n) is 19.9. The molecule has 0 atom stereocenters. The van der Waals surface area contributed by atoms with Gasteiger partial charge in [0.15, 0.2) is 0 Å². The van der Waals surface area contributed by atoms with Gasteiger partial charge in [0.25, 0.3) is 5.56 Å². The van der Waals surface area contributed by atoms with E-state index in [0.717, 1.165) is 62.7 Å². The fourth-order valence-electron chi connectivity index (χ4n) is 5.66. The second kappa shape index (κ2) is 9.90. The van der Waals surface area contributed by atoms with Crippen LogP contribution in [0.15, 0.2) is 45.3 Å². The van der Waals surface area contributed by atoms with Gasteiger partial charge in [-0.25, -0.2) is 4.79 Å². The van der Waals surface area contributed by atoms with Crippen molar-refractivity contribution in [2.75, 3.05) is 13.1 Å². The highest BCUT2D eigenvalue weighted by Crippen LogP contribution is 2.31. The minimum absolute atomic E-state index is 0.101. The molecule has 0 spiro atoms. The third-order valence-electron chi connectivity index (χ3n) is 7.56. The lowest BCUT2D eigenvalue weighted by Gasteiger charge is -2.34. The molecule has 5 rings (SSSR count). The van der Waals surface area contributed by atoms with E-state index in [4.69, 9.17) is 0 Å². The van der Waals surface area contributed by atoms with Gasteiger partial charge in [-0.05, 0) is 74.8 Å². The van der Waals surface area contributed by atoms with E-state index in [1.165, 1.54) is 22.3 Å². The number of carbonyl (C=O) groups excluding carboxylic acids is 1. The summed E-state index contributed by atoms with van der Waals surface area (Å²) in [6.07, 6.45) is 6.93. The highest BCUT2D eigenvalue weighted by molar-refractivity contribution is 7.17. The van der Waals surface area contributed by atoms with Crippen LogP contribution < -0.4 is 11.2 Å². The summed E-state index contributed by atoms with van der Waals surface area (Å²) in [5, 5.41) is 1.89. The average Bonchev–Trinajstić information content (AvgIpc) is 3.35. The minimum atomic E-state index is -0.232. The summed E-state index contributed by atoms with van der Waals surface area (Å²) in [4.78, 5) is 41.7. The molecule has 3 aromatic rings. The SMILES string of the molecule is Cc1cccc(Cn2c(=O)n(CC3CCC(C(=O)N4CCCCC4)CC3)c(=O)c3sccc32)c1. The van der Waals surface area contributed by atoms with Crippen LogP contribution >= 0.6 is 11.3 Å². The lowest BCUT2D eigenvalue weighted by molar-refractivity contribution is -0.137. The number of piperidine rings is 1. The van der Waals surface area contributed by atoms with E-state index in [1.54, 1.807) is 4.57 Å². The van der Waals surface area contributed by atoms with Gasteiger partial charge < -0.3 is 4.90 Å². The summed E-state index contributed by atoms with van der Waals surface area (Å²) >= 11 is 1.40. The number of hydrogen-bond donors (Lipinski definition) is 0. The van der Waals surface area contributed by atoms with E-state index in [9.17, 15) is 14.4 Å². The summed E-state index contributed by atoms with van der Waals surface area (Å²) in [6.45, 7) is 4.72. The minimum Gasteiger partial charge on any atom is -0.342 e. The quantitative estimate of drug-likeness (QED) is 0.545. The molecule has 180 valence electrons. The first-order valence-corrected chi connectivity index (χ1v) is 13.4. The van der Waals surface area contributed by atoms with E-state index in [1.807, 2.05) is 41.5 Å². The summed E-state index contributed by atoms with van der Waals surface area (Å²) in [5.41, 5.74) is 2.51. The number of rotatable bonds is 5. The molecule has 6 nitrogen and oxygen atoms in total. The van der Waals surface area contributed by atoms with Gasteiger partial charge in [-0.1, -0.05) is 29.8 Å². The Labute approximate surface area is 203 Å². The van der Waals surface area contributed by atoms with Crippen LogP contribution in [0.25, 0.3) is 10.2 Å². The topological polar surface area (TPSA) is 64.3 Å². The molecule has 0 bridgehead atoms. The standard InChI is InChI=1S/C27H33N3O3S/c1-19-6-5-7-21(16-19)18-29-23-12-15-34-24(23)26(32)30(27(29)33)17-20-8-10-22(11-9-20)25(31)28-13-3-2-4-14-28/h5-7,12,15-16,20,22H,2-4,8-11,13-14,17-18H2,1H3. The molecule has 7 heteroatoms. The zero-order chi connectivity index (χ0) is 23.7. The first-order chi connectivity index (χ1) is 16.5. The molecule has 2 fully saturated rings. The van der Waals surface area contributed by atoms with Crippen LogP contribution in [0.2, 0.25) is 0 Å². The lowest BCUT2D eigenvalue weighted by atomic mass is 9.81. The molecule has 0 N–H and O–H groups in total. The molecule has 2 aliphatic rings. The second-order valence-corrected chi connectivity index (χ2v) is 10.9. The van der Waals surface area contributed by atoms with Crippen LogP contribution in [0.5, 0.6) is 0 Å². The number of hydrogen-bond acceptors (Lipinski definition) is 4. The van der Waals surface area contributed by atoms with Crippen molar-refractivity contribution in [3.63, 3.8) is 0 Å². The van der Waals surface area contributed by atoms with Gasteiger partial charge in [0.2, 0.25) is 5.91 Å². The molecular weight excluding hydrogens is 446 g/mol. The molecule has 1 saturated heterocycles. The van der Waals surface area contributed by atoms with Crippen molar-refractivity contribution >= 4 is 27.5 Å². The van der Waals surface area contributed by atoms with Crippen molar-refractivity contribution in [3.05, 3.63) is 67.7 Å². The molecule has 0 radical (unpaired) electrons. The number of carbonyl (C=O) groups is 1. The van der Waals surface area contributed by atoms with Gasteiger partial charge in [-0.2, -0.15) is 0 Å². The van der Waals surface area contributed by atoms with Crippen LogP contribution in [0.3, 0.4) is 0 Å². The number of benzene rings is 1. The summed E-state index contributed by atoms with van der Waals surface area (Å²) in [7, 11) is 0. The van der Waals surface area contributed by atoms with E-state index in [2.05, 4.69) is 6.07 Å². The molecule has 34 heavy (non-hydrogen) atoms. The molecule has 1 aliphatic carbocycles. The fourth-order valence-corrected chi connectivity index (χ4v) is 6.51. The second-order valence-electron chi connectivity index (χ2n) is 10.0. The molecule has 1 amide bonds. The third kappa shape index (κ3) is 4.63. The molecule has 1 aromatic carbocycles. The maximum absolute atomic E-state index is 13.5. The molecule has 1 aliphatic heterocycles. The van der Waals surface area contributed by atoms with Gasteiger partial charge in [-0.3, -0.25) is 18.7 Å². The Morgan fingerprint density at radius 2 is 1.76 bits per heavy atom. The largest absolute Gasteiger partial charge is 0.342 e. The van der Waals surface area contributed by atoms with E-state index < -0.39 is 0 Å². The normalized spacial score (nSPS) is 21.1. The number of amides is 1. The summed E-state index contributed by atoms with van der Waals surface area (Å²) in [6, 6.07) is 10.0. The summed E-state index contributed by atoms with van der Waals surface area (Å²) < 4.78 is 3.83. The monoisotopic (exact) mass is 479 g/mol. The van der Waals surface area contributed by atoms with Crippen LogP contribution in [0, 0.1) is 18.8 Å². The van der Waals surface area contributed by atoms with Gasteiger partial charge >= 0.3 is 5.69 Å². The van der Waals surface area contributed by atoms with Crippen molar-refractivity contribution in [2.45, 2.75) is 65.0 Å². The van der Waals surface area contributed by atoms with Crippen LogP contribution in [0.1, 0.15) is 56.1 Å². The van der Waals surface area contributed by atoms with Crippen molar-refractivity contribution < 1.29 is 4.79 Å². The molecule has 2 aromatic heterocycles. The van der Waals surface area contributed by atoms with Crippen LogP contribution in [-0.4, -0.2) is 33.0 Å². The molecule has 1 saturated carbocycles. The number of aromatic nitrogens is 2. The van der Waals surface area contributed by atoms with Crippen molar-refractivity contribution in [1.82, 2.24) is 14.0 Å². The smallest absolute Gasteiger partial charge is 0.331 e.